The van der Waals surface area contributed by atoms with E-state index < -0.39 is 0 Å². The van der Waals surface area contributed by atoms with Gasteiger partial charge in [-0.15, -0.1) is 22.9 Å². The monoisotopic (exact) mass is 460 g/mol. The zero-order chi connectivity index (χ0) is 12.6. The van der Waals surface area contributed by atoms with Gasteiger partial charge in [0.15, 0.2) is 0 Å². The Balaban J connectivity index is 2.40. The Morgan fingerprint density at radius 1 is 1.18 bits per heavy atom. The summed E-state index contributed by atoms with van der Waals surface area (Å²) < 4.78 is 15.8. The fraction of sp³-hybridized carbons (Fsp3) is 0.0909. The van der Waals surface area contributed by atoms with Crippen molar-refractivity contribution in [1.82, 2.24) is 0 Å². The van der Waals surface area contributed by atoms with Crippen LogP contribution < -0.4 is 0 Å². The maximum absolute atomic E-state index is 13.4. The molecule has 0 saturated carbocycles. The van der Waals surface area contributed by atoms with Crippen molar-refractivity contribution < 1.29 is 4.39 Å². The molecule has 0 aliphatic rings. The molecule has 1 aromatic carbocycles. The number of hydrogen-bond acceptors (Lipinski definition) is 1. The van der Waals surface area contributed by atoms with Gasteiger partial charge in [0, 0.05) is 5.56 Å². The van der Waals surface area contributed by atoms with Gasteiger partial charge in [0.2, 0.25) is 0 Å². The smallest absolute Gasteiger partial charge is 0.137 e. The minimum Gasteiger partial charge on any atom is -0.206 e. The average molecular weight is 463 g/mol. The van der Waals surface area contributed by atoms with Crippen molar-refractivity contribution in [3.05, 3.63) is 53.3 Å². The van der Waals surface area contributed by atoms with Gasteiger partial charge >= 0.3 is 0 Å². The van der Waals surface area contributed by atoms with Crippen LogP contribution in [0.15, 0.2) is 36.3 Å². The van der Waals surface area contributed by atoms with Gasteiger partial charge in [0.05, 0.1) is 17.4 Å². The first-order valence-electron chi connectivity index (χ1n) is 4.53. The second-order valence-electron chi connectivity index (χ2n) is 3.32. The Morgan fingerprint density at radius 3 is 2.41 bits per heavy atom. The zero-order valence-electron chi connectivity index (χ0n) is 8.18. The maximum Gasteiger partial charge on any atom is 0.137 e. The molecule has 1 atom stereocenters. The summed E-state index contributed by atoms with van der Waals surface area (Å²) in [6.07, 6.45) is 0. The highest BCUT2D eigenvalue weighted by atomic mass is 79.9. The highest BCUT2D eigenvalue weighted by Gasteiger charge is 2.17. The largest absolute Gasteiger partial charge is 0.206 e. The molecule has 0 N–H and O–H groups in total. The third kappa shape index (κ3) is 3.13. The van der Waals surface area contributed by atoms with Crippen LogP contribution in [0.1, 0.15) is 16.5 Å². The summed E-state index contributed by atoms with van der Waals surface area (Å²) in [5, 5.41) is -0.366. The Kier molecular flexibility index (Phi) is 4.69. The van der Waals surface area contributed by atoms with Gasteiger partial charge in [-0.05, 0) is 71.6 Å². The summed E-state index contributed by atoms with van der Waals surface area (Å²) in [5.74, 6) is -0.307. The SMILES string of the molecule is Fc1cc(C(Cl)c2cc(Br)sc2Br)ccc1Br. The fourth-order valence-corrected chi connectivity index (χ4v) is 5.03. The Bertz CT molecular complexity index is 556. The van der Waals surface area contributed by atoms with E-state index in [-0.39, 0.29) is 11.2 Å². The molecule has 0 aliphatic carbocycles. The van der Waals surface area contributed by atoms with Gasteiger partial charge in [0.1, 0.15) is 5.82 Å². The summed E-state index contributed by atoms with van der Waals surface area (Å²) >= 11 is 17.9. The Labute approximate surface area is 133 Å². The van der Waals surface area contributed by atoms with Gasteiger partial charge in [0.25, 0.3) is 0 Å². The lowest BCUT2D eigenvalue weighted by atomic mass is 10.1. The molecule has 0 bridgehead atoms. The summed E-state index contributed by atoms with van der Waals surface area (Å²) in [7, 11) is 0. The molecule has 2 rings (SSSR count). The first-order valence-corrected chi connectivity index (χ1v) is 8.16. The summed E-state index contributed by atoms with van der Waals surface area (Å²) in [5.41, 5.74) is 1.67. The number of hydrogen-bond donors (Lipinski definition) is 0. The quantitative estimate of drug-likeness (QED) is 0.446. The van der Waals surface area contributed by atoms with E-state index in [1.807, 2.05) is 12.1 Å². The van der Waals surface area contributed by atoms with Crippen LogP contribution in [0.25, 0.3) is 0 Å². The van der Waals surface area contributed by atoms with Crippen molar-refractivity contribution in [2.75, 3.05) is 0 Å². The highest BCUT2D eigenvalue weighted by Crippen LogP contribution is 2.41. The summed E-state index contributed by atoms with van der Waals surface area (Å²) in [4.78, 5) is 0. The van der Waals surface area contributed by atoms with Gasteiger partial charge in [-0.25, -0.2) is 4.39 Å². The van der Waals surface area contributed by atoms with Gasteiger partial charge < -0.3 is 0 Å². The zero-order valence-corrected chi connectivity index (χ0v) is 14.5. The lowest BCUT2D eigenvalue weighted by Gasteiger charge is -2.09. The average Bonchev–Trinajstić information content (AvgIpc) is 2.61. The van der Waals surface area contributed by atoms with E-state index in [1.165, 1.54) is 6.07 Å². The summed E-state index contributed by atoms with van der Waals surface area (Å²) in [6, 6.07) is 6.85. The molecule has 0 aliphatic heterocycles. The van der Waals surface area contributed by atoms with Crippen molar-refractivity contribution in [2.24, 2.45) is 0 Å². The van der Waals surface area contributed by atoms with Crippen molar-refractivity contribution in [3.63, 3.8) is 0 Å². The van der Waals surface area contributed by atoms with Crippen molar-refractivity contribution >= 4 is 70.7 Å². The van der Waals surface area contributed by atoms with Crippen molar-refractivity contribution in [3.8, 4) is 0 Å². The molecule has 0 spiro atoms. The second-order valence-corrected chi connectivity index (χ2v) is 8.36. The predicted octanol–water partition coefficient (Wildman–Crippen LogP) is 6.50. The van der Waals surface area contributed by atoms with Gasteiger partial charge in [-0.2, -0.15) is 0 Å². The standard InChI is InChI=1S/C11H5Br3ClFS/c12-7-2-1-5(3-8(7)16)10(15)6-4-9(13)17-11(6)14/h1-4,10H. The first kappa shape index (κ1) is 14.0. The molecule has 1 unspecified atom stereocenters. The first-order chi connectivity index (χ1) is 7.99. The topological polar surface area (TPSA) is 0 Å². The number of thiophene rings is 1. The van der Waals surface area contributed by atoms with E-state index in [4.69, 9.17) is 11.6 Å². The normalized spacial score (nSPS) is 12.8. The van der Waals surface area contributed by atoms with E-state index in [1.54, 1.807) is 17.4 Å². The number of rotatable bonds is 2. The number of halogens is 5. The van der Waals surface area contributed by atoms with Crippen LogP contribution in [-0.2, 0) is 0 Å². The molecule has 0 amide bonds. The van der Waals surface area contributed by atoms with Crippen LogP contribution in [0.4, 0.5) is 4.39 Å². The fourth-order valence-electron chi connectivity index (χ4n) is 1.38. The van der Waals surface area contributed by atoms with Crippen LogP contribution in [-0.4, -0.2) is 0 Å². The summed E-state index contributed by atoms with van der Waals surface area (Å²) in [6.45, 7) is 0. The molecule has 17 heavy (non-hydrogen) atoms. The number of alkyl halides is 1. The molecule has 0 saturated heterocycles. The molecule has 2 aromatic rings. The molecule has 6 heteroatoms. The third-order valence-corrected chi connectivity index (χ3v) is 5.71. The van der Waals surface area contributed by atoms with Crippen LogP contribution in [0.2, 0.25) is 0 Å². The van der Waals surface area contributed by atoms with Crippen molar-refractivity contribution in [1.29, 1.82) is 0 Å². The molecule has 0 fully saturated rings. The third-order valence-electron chi connectivity index (χ3n) is 2.19. The molecule has 90 valence electrons. The van der Waals surface area contributed by atoms with Crippen LogP contribution in [0, 0.1) is 5.82 Å². The maximum atomic E-state index is 13.4. The lowest BCUT2D eigenvalue weighted by molar-refractivity contribution is 0.619. The van der Waals surface area contributed by atoms with Gasteiger partial charge in [-0.1, -0.05) is 6.07 Å². The molecule has 1 heterocycles. The van der Waals surface area contributed by atoms with Crippen LogP contribution in [0.5, 0.6) is 0 Å². The van der Waals surface area contributed by atoms with E-state index in [9.17, 15) is 4.39 Å². The van der Waals surface area contributed by atoms with E-state index in [0.29, 0.717) is 4.47 Å². The van der Waals surface area contributed by atoms with E-state index in [0.717, 1.165) is 18.7 Å². The Morgan fingerprint density at radius 2 is 1.88 bits per heavy atom. The van der Waals surface area contributed by atoms with E-state index in [2.05, 4.69) is 47.8 Å². The second kappa shape index (κ2) is 5.70. The lowest BCUT2D eigenvalue weighted by Crippen LogP contribution is -1.93. The molecule has 1 aromatic heterocycles. The predicted molar refractivity (Wildman–Crippen MR) is 81.5 cm³/mol. The minimum absolute atomic E-state index is 0.307. The van der Waals surface area contributed by atoms with E-state index >= 15 is 0 Å². The molecule has 0 nitrogen and oxygen atoms in total. The van der Waals surface area contributed by atoms with Crippen LogP contribution in [0.3, 0.4) is 0 Å². The van der Waals surface area contributed by atoms with Crippen molar-refractivity contribution in [2.45, 2.75) is 5.38 Å². The van der Waals surface area contributed by atoms with Crippen LogP contribution >= 0.6 is 70.7 Å². The highest BCUT2D eigenvalue weighted by molar-refractivity contribution is 9.12. The Hall–Kier alpha value is 0.580. The van der Waals surface area contributed by atoms with Gasteiger partial charge in [-0.3, -0.25) is 0 Å². The molecule has 0 radical (unpaired) electrons. The molecular weight excluding hydrogens is 458 g/mol. The molecular formula is C11H5Br3ClFS. The number of benzene rings is 1. The minimum atomic E-state index is -0.366.